The number of carbonyl (C=O) groups excluding carboxylic acids is 1. The highest BCUT2D eigenvalue weighted by Gasteiger charge is 2.21. The van der Waals surface area contributed by atoms with Crippen molar-refractivity contribution in [3.63, 3.8) is 0 Å². The molecule has 5 nitrogen and oxygen atoms in total. The van der Waals surface area contributed by atoms with Crippen LogP contribution in [0.2, 0.25) is 10.0 Å². The van der Waals surface area contributed by atoms with Crippen molar-refractivity contribution in [2.24, 2.45) is 5.92 Å². The first-order valence-electron chi connectivity index (χ1n) is 6.51. The summed E-state index contributed by atoms with van der Waals surface area (Å²) in [6, 6.07) is 2.97. The Bertz CT molecular complexity index is 549. The van der Waals surface area contributed by atoms with E-state index < -0.39 is 17.9 Å². The number of halogens is 2. The highest BCUT2D eigenvalue weighted by atomic mass is 35.5. The Morgan fingerprint density at radius 3 is 2.52 bits per heavy atom. The second kappa shape index (κ2) is 7.52. The predicted octanol–water partition coefficient (Wildman–Crippen LogP) is 3.88. The van der Waals surface area contributed by atoms with E-state index in [0.29, 0.717) is 22.3 Å². The van der Waals surface area contributed by atoms with Crippen LogP contribution in [-0.4, -0.2) is 35.1 Å². The highest BCUT2D eigenvalue weighted by molar-refractivity contribution is 6.40. The van der Waals surface area contributed by atoms with Crippen molar-refractivity contribution in [2.45, 2.75) is 20.8 Å². The van der Waals surface area contributed by atoms with E-state index >= 15 is 0 Å². The lowest BCUT2D eigenvalue weighted by atomic mass is 10.2. The van der Waals surface area contributed by atoms with Crippen molar-refractivity contribution in [1.82, 2.24) is 4.90 Å². The van der Waals surface area contributed by atoms with Crippen molar-refractivity contribution in [3.05, 3.63) is 27.7 Å². The summed E-state index contributed by atoms with van der Waals surface area (Å²) in [5.74, 6) is -1.60. The lowest BCUT2D eigenvalue weighted by Gasteiger charge is -2.24. The van der Waals surface area contributed by atoms with Crippen molar-refractivity contribution < 1.29 is 14.7 Å². The number of urea groups is 1. The van der Waals surface area contributed by atoms with Crippen LogP contribution >= 0.6 is 23.2 Å². The number of hydrogen-bond donors (Lipinski definition) is 2. The van der Waals surface area contributed by atoms with E-state index in [1.807, 2.05) is 0 Å². The van der Waals surface area contributed by atoms with Crippen LogP contribution in [0, 0.1) is 12.8 Å². The van der Waals surface area contributed by atoms with Crippen LogP contribution in [-0.2, 0) is 4.79 Å². The molecule has 0 radical (unpaired) electrons. The second-order valence-corrected chi connectivity index (χ2v) is 5.55. The first-order chi connectivity index (χ1) is 9.77. The van der Waals surface area contributed by atoms with Crippen molar-refractivity contribution in [3.8, 4) is 0 Å². The number of nitrogens with one attached hydrogen (secondary N) is 1. The van der Waals surface area contributed by atoms with Gasteiger partial charge in [0.05, 0.1) is 21.7 Å². The molecule has 0 saturated carbocycles. The van der Waals surface area contributed by atoms with Crippen LogP contribution in [0.25, 0.3) is 0 Å². The number of carbonyl (C=O) groups is 2. The SMILES string of the molecule is CCN(CC(C)C(=O)O)C(=O)Nc1c(Cl)ccc(C)c1Cl. The smallest absolute Gasteiger partial charge is 0.321 e. The number of aryl methyl sites for hydroxylation is 1. The zero-order valence-corrected chi connectivity index (χ0v) is 13.6. The van der Waals surface area contributed by atoms with Gasteiger partial charge in [-0.15, -0.1) is 0 Å². The third kappa shape index (κ3) is 4.51. The van der Waals surface area contributed by atoms with Gasteiger partial charge in [0, 0.05) is 13.1 Å². The van der Waals surface area contributed by atoms with Gasteiger partial charge in [-0.3, -0.25) is 4.79 Å². The summed E-state index contributed by atoms with van der Waals surface area (Å²) in [6.45, 7) is 5.61. The Hall–Kier alpha value is -1.46. The fourth-order valence-electron chi connectivity index (χ4n) is 1.72. The zero-order valence-electron chi connectivity index (χ0n) is 12.1. The van der Waals surface area contributed by atoms with Crippen LogP contribution in [0.1, 0.15) is 19.4 Å². The normalized spacial score (nSPS) is 11.9. The van der Waals surface area contributed by atoms with Gasteiger partial charge in [0.2, 0.25) is 0 Å². The van der Waals surface area contributed by atoms with E-state index in [4.69, 9.17) is 28.3 Å². The van der Waals surface area contributed by atoms with E-state index in [1.54, 1.807) is 32.9 Å². The molecule has 0 saturated heterocycles. The van der Waals surface area contributed by atoms with Gasteiger partial charge in [0.15, 0.2) is 0 Å². The third-order valence-electron chi connectivity index (χ3n) is 3.10. The molecule has 0 aromatic heterocycles. The highest BCUT2D eigenvalue weighted by Crippen LogP contribution is 2.33. The number of aliphatic carboxylic acids is 1. The Morgan fingerprint density at radius 1 is 1.38 bits per heavy atom. The largest absolute Gasteiger partial charge is 0.481 e. The minimum absolute atomic E-state index is 0.110. The molecule has 0 spiro atoms. The molecule has 1 rings (SSSR count). The predicted molar refractivity (Wildman–Crippen MR) is 84.3 cm³/mol. The number of anilines is 1. The molecule has 2 amide bonds. The monoisotopic (exact) mass is 332 g/mol. The first kappa shape index (κ1) is 17.6. The molecule has 21 heavy (non-hydrogen) atoms. The number of carboxylic acid groups (broad SMARTS) is 1. The van der Waals surface area contributed by atoms with E-state index in [1.165, 1.54) is 4.90 Å². The van der Waals surface area contributed by atoms with E-state index in [2.05, 4.69) is 5.32 Å². The summed E-state index contributed by atoms with van der Waals surface area (Å²) < 4.78 is 0. The molecule has 1 atom stereocenters. The minimum Gasteiger partial charge on any atom is -0.481 e. The van der Waals surface area contributed by atoms with Gasteiger partial charge in [0.25, 0.3) is 0 Å². The first-order valence-corrected chi connectivity index (χ1v) is 7.26. The maximum Gasteiger partial charge on any atom is 0.321 e. The standard InChI is InChI=1S/C14H18Cl2N2O3/c1-4-18(7-9(3)13(19)20)14(21)17-12-10(15)6-5-8(2)11(12)16/h5-6,9H,4,7H2,1-3H3,(H,17,21)(H,19,20). The maximum absolute atomic E-state index is 12.2. The van der Waals surface area contributed by atoms with E-state index in [9.17, 15) is 9.59 Å². The lowest BCUT2D eigenvalue weighted by Crippen LogP contribution is -2.39. The van der Waals surface area contributed by atoms with Crippen LogP contribution in [0.5, 0.6) is 0 Å². The van der Waals surface area contributed by atoms with Crippen LogP contribution in [0.3, 0.4) is 0 Å². The number of nitrogens with zero attached hydrogens (tertiary/aromatic N) is 1. The number of rotatable bonds is 5. The summed E-state index contributed by atoms with van der Waals surface area (Å²) >= 11 is 12.2. The van der Waals surface area contributed by atoms with Crippen LogP contribution in [0.4, 0.5) is 10.5 Å². The summed E-state index contributed by atoms with van der Waals surface area (Å²) in [5, 5.41) is 12.3. The van der Waals surface area contributed by atoms with Gasteiger partial charge in [-0.25, -0.2) is 4.79 Å². The maximum atomic E-state index is 12.2. The summed E-state index contributed by atoms with van der Waals surface area (Å²) in [6.07, 6.45) is 0. The molecule has 1 aromatic carbocycles. The van der Waals surface area contributed by atoms with Gasteiger partial charge in [-0.05, 0) is 25.5 Å². The van der Waals surface area contributed by atoms with Crippen molar-refractivity contribution >= 4 is 40.9 Å². The molecule has 7 heteroatoms. The minimum atomic E-state index is -0.951. The van der Waals surface area contributed by atoms with Gasteiger partial charge in [-0.1, -0.05) is 36.2 Å². The number of benzene rings is 1. The number of amides is 2. The van der Waals surface area contributed by atoms with Crippen LogP contribution < -0.4 is 5.32 Å². The lowest BCUT2D eigenvalue weighted by molar-refractivity contribution is -0.141. The van der Waals surface area contributed by atoms with Crippen LogP contribution in [0.15, 0.2) is 12.1 Å². The quantitative estimate of drug-likeness (QED) is 0.859. The van der Waals surface area contributed by atoms with Gasteiger partial charge in [-0.2, -0.15) is 0 Å². The van der Waals surface area contributed by atoms with E-state index in [-0.39, 0.29) is 6.54 Å². The molecular formula is C14H18Cl2N2O3. The molecule has 0 aliphatic carbocycles. The Morgan fingerprint density at radius 2 is 2.00 bits per heavy atom. The van der Waals surface area contributed by atoms with Crippen molar-refractivity contribution in [1.29, 1.82) is 0 Å². The average molecular weight is 333 g/mol. The van der Waals surface area contributed by atoms with Gasteiger partial charge in [0.1, 0.15) is 0 Å². The molecule has 0 bridgehead atoms. The molecule has 1 unspecified atom stereocenters. The van der Waals surface area contributed by atoms with Gasteiger partial charge < -0.3 is 15.3 Å². The van der Waals surface area contributed by atoms with Crippen molar-refractivity contribution in [2.75, 3.05) is 18.4 Å². The Balaban J connectivity index is 2.89. The number of hydrogen-bond acceptors (Lipinski definition) is 2. The summed E-state index contributed by atoms with van der Waals surface area (Å²) in [7, 11) is 0. The van der Waals surface area contributed by atoms with Gasteiger partial charge >= 0.3 is 12.0 Å². The summed E-state index contributed by atoms with van der Waals surface area (Å²) in [4.78, 5) is 24.5. The third-order valence-corrected chi connectivity index (χ3v) is 3.90. The zero-order chi connectivity index (χ0) is 16.2. The molecule has 2 N–H and O–H groups in total. The molecule has 0 heterocycles. The fraction of sp³-hybridized carbons (Fsp3) is 0.429. The second-order valence-electron chi connectivity index (χ2n) is 4.76. The number of carboxylic acids is 1. The fourth-order valence-corrected chi connectivity index (χ4v) is 2.19. The topological polar surface area (TPSA) is 69.6 Å². The molecular weight excluding hydrogens is 315 g/mol. The summed E-state index contributed by atoms with van der Waals surface area (Å²) in [5.41, 5.74) is 1.13. The molecule has 0 fully saturated rings. The Labute approximate surface area is 133 Å². The molecule has 1 aromatic rings. The molecule has 0 aliphatic heterocycles. The Kier molecular flexibility index (Phi) is 6.30. The molecule has 116 valence electrons. The molecule has 0 aliphatic rings. The van der Waals surface area contributed by atoms with E-state index in [0.717, 1.165) is 5.56 Å². The average Bonchev–Trinajstić information content (AvgIpc) is 2.44.